The summed E-state index contributed by atoms with van der Waals surface area (Å²) in [7, 11) is 0. The van der Waals surface area contributed by atoms with E-state index >= 15 is 0 Å². The number of rotatable bonds is 4. The number of carbonyl (C=O) groups is 2. The van der Waals surface area contributed by atoms with Crippen LogP contribution in [0, 0.1) is 0 Å². The number of hydrogen-bond donors (Lipinski definition) is 1. The molecule has 0 fully saturated rings. The van der Waals surface area contributed by atoms with Gasteiger partial charge in [-0.1, -0.05) is 37.3 Å². The number of nitrogens with zero attached hydrogens (tertiary/aromatic N) is 1. The zero-order valence-corrected chi connectivity index (χ0v) is 10.2. The molecule has 0 saturated heterocycles. The molecule has 1 heterocycles. The van der Waals surface area contributed by atoms with E-state index in [9.17, 15) is 14.7 Å². The van der Waals surface area contributed by atoms with Crippen molar-refractivity contribution in [2.75, 3.05) is 6.54 Å². The average molecular weight is 245 g/mol. The van der Waals surface area contributed by atoms with E-state index in [-0.39, 0.29) is 17.9 Å². The molecule has 1 aromatic carbocycles. The topological polar surface area (TPSA) is 57.6 Å². The summed E-state index contributed by atoms with van der Waals surface area (Å²) in [5.41, 5.74) is 1.21. The molecule has 0 spiro atoms. The van der Waals surface area contributed by atoms with Gasteiger partial charge in [-0.25, -0.2) is 0 Å². The monoisotopic (exact) mass is 245 g/mol. The Hall–Kier alpha value is -2.10. The minimum atomic E-state index is -0.462. The lowest BCUT2D eigenvalue weighted by Crippen LogP contribution is -2.27. The lowest BCUT2D eigenvalue weighted by atomic mass is 10.1. The quantitative estimate of drug-likeness (QED) is 0.880. The first kappa shape index (κ1) is 12.4. The van der Waals surface area contributed by atoms with Gasteiger partial charge in [-0.15, -0.1) is 0 Å². The molecule has 1 aromatic rings. The molecule has 18 heavy (non-hydrogen) atoms. The van der Waals surface area contributed by atoms with Gasteiger partial charge in [0, 0.05) is 13.0 Å². The fraction of sp³-hybridized carbons (Fsp3) is 0.286. The van der Waals surface area contributed by atoms with Gasteiger partial charge in [0.05, 0.1) is 12.1 Å². The SMILES string of the molecule is CCC(=O)C1=C(O)C(=O)N(Cc2ccccc2)C1. The van der Waals surface area contributed by atoms with Crippen LogP contribution in [-0.4, -0.2) is 28.2 Å². The summed E-state index contributed by atoms with van der Waals surface area (Å²) in [6.07, 6.45) is 0.297. The third kappa shape index (κ3) is 2.27. The molecule has 4 nitrogen and oxygen atoms in total. The van der Waals surface area contributed by atoms with E-state index in [4.69, 9.17) is 0 Å². The van der Waals surface area contributed by atoms with E-state index in [0.717, 1.165) is 5.56 Å². The highest BCUT2D eigenvalue weighted by molar-refractivity contribution is 6.07. The minimum Gasteiger partial charge on any atom is -0.503 e. The molecular weight excluding hydrogens is 230 g/mol. The van der Waals surface area contributed by atoms with Gasteiger partial charge in [0.25, 0.3) is 5.91 Å². The second-order valence-electron chi connectivity index (χ2n) is 4.25. The molecule has 0 unspecified atom stereocenters. The Balaban J connectivity index is 2.12. The Morgan fingerprint density at radius 3 is 2.61 bits per heavy atom. The van der Waals surface area contributed by atoms with Crippen molar-refractivity contribution in [3.05, 3.63) is 47.2 Å². The molecule has 1 aliphatic heterocycles. The Labute approximate surface area is 106 Å². The van der Waals surface area contributed by atoms with Crippen LogP contribution < -0.4 is 0 Å². The number of benzene rings is 1. The third-order valence-electron chi connectivity index (χ3n) is 3.00. The minimum absolute atomic E-state index is 0.170. The van der Waals surface area contributed by atoms with Crippen molar-refractivity contribution in [1.82, 2.24) is 4.90 Å². The molecule has 94 valence electrons. The zero-order valence-electron chi connectivity index (χ0n) is 10.2. The molecule has 0 aliphatic carbocycles. The van der Waals surface area contributed by atoms with E-state index in [1.807, 2.05) is 30.3 Å². The van der Waals surface area contributed by atoms with Crippen LogP contribution in [0.25, 0.3) is 0 Å². The molecule has 4 heteroatoms. The smallest absolute Gasteiger partial charge is 0.289 e. The molecule has 0 saturated carbocycles. The average Bonchev–Trinajstić information content (AvgIpc) is 2.67. The molecule has 0 aromatic heterocycles. The van der Waals surface area contributed by atoms with E-state index in [0.29, 0.717) is 13.0 Å². The van der Waals surface area contributed by atoms with E-state index in [1.54, 1.807) is 6.92 Å². The van der Waals surface area contributed by atoms with E-state index in [2.05, 4.69) is 0 Å². The highest BCUT2D eigenvalue weighted by Crippen LogP contribution is 2.20. The van der Waals surface area contributed by atoms with Crippen molar-refractivity contribution in [3.63, 3.8) is 0 Å². The summed E-state index contributed by atoms with van der Waals surface area (Å²) in [5, 5.41) is 9.68. The summed E-state index contributed by atoms with van der Waals surface area (Å²) >= 11 is 0. The Morgan fingerprint density at radius 1 is 1.33 bits per heavy atom. The first-order valence-electron chi connectivity index (χ1n) is 5.92. The van der Waals surface area contributed by atoms with Crippen molar-refractivity contribution < 1.29 is 14.7 Å². The predicted octanol–water partition coefficient (Wildman–Crippen LogP) is 1.82. The molecule has 0 bridgehead atoms. The second-order valence-corrected chi connectivity index (χ2v) is 4.25. The van der Waals surface area contributed by atoms with Gasteiger partial charge in [-0.3, -0.25) is 9.59 Å². The predicted molar refractivity (Wildman–Crippen MR) is 66.8 cm³/mol. The maximum atomic E-state index is 11.8. The molecule has 2 rings (SSSR count). The number of amides is 1. The van der Waals surface area contributed by atoms with Gasteiger partial charge in [0.15, 0.2) is 11.5 Å². The lowest BCUT2D eigenvalue weighted by Gasteiger charge is -2.15. The maximum Gasteiger partial charge on any atom is 0.289 e. The number of aliphatic hydroxyl groups is 1. The Morgan fingerprint density at radius 2 is 2.00 bits per heavy atom. The summed E-state index contributed by atoms with van der Waals surface area (Å²) in [5.74, 6) is -1.02. The third-order valence-corrected chi connectivity index (χ3v) is 3.00. The Kier molecular flexibility index (Phi) is 3.46. The number of aliphatic hydroxyl groups excluding tert-OH is 1. The Bertz CT molecular complexity index is 505. The van der Waals surface area contributed by atoms with Crippen LogP contribution >= 0.6 is 0 Å². The van der Waals surface area contributed by atoms with Crippen molar-refractivity contribution in [2.45, 2.75) is 19.9 Å². The molecule has 1 aliphatic rings. The molecule has 1 N–H and O–H groups in total. The fourth-order valence-electron chi connectivity index (χ4n) is 1.98. The van der Waals surface area contributed by atoms with Gasteiger partial charge in [0.2, 0.25) is 0 Å². The van der Waals surface area contributed by atoms with Crippen LogP contribution in [0.4, 0.5) is 0 Å². The second kappa shape index (κ2) is 5.04. The number of carbonyl (C=O) groups excluding carboxylic acids is 2. The maximum absolute atomic E-state index is 11.8. The summed E-state index contributed by atoms with van der Waals surface area (Å²) in [6.45, 7) is 2.32. The molecule has 0 radical (unpaired) electrons. The summed E-state index contributed by atoms with van der Waals surface area (Å²) in [4.78, 5) is 24.9. The van der Waals surface area contributed by atoms with Crippen LogP contribution in [-0.2, 0) is 16.1 Å². The standard InChI is InChI=1S/C14H15NO3/c1-2-12(16)11-9-15(14(18)13(11)17)8-10-6-4-3-5-7-10/h3-7,17H,2,8-9H2,1H3. The number of Topliss-reactive ketones (excluding diaryl/α,β-unsaturated/α-hetero) is 1. The molecular formula is C14H15NO3. The largest absolute Gasteiger partial charge is 0.503 e. The summed E-state index contributed by atoms with van der Waals surface area (Å²) in [6, 6.07) is 9.49. The lowest BCUT2D eigenvalue weighted by molar-refractivity contribution is -0.128. The first-order chi connectivity index (χ1) is 8.63. The van der Waals surface area contributed by atoms with Crippen LogP contribution in [0.3, 0.4) is 0 Å². The molecule has 1 amide bonds. The van der Waals surface area contributed by atoms with Crippen LogP contribution in [0.1, 0.15) is 18.9 Å². The highest BCUT2D eigenvalue weighted by Gasteiger charge is 2.32. The fourth-order valence-corrected chi connectivity index (χ4v) is 1.98. The summed E-state index contributed by atoms with van der Waals surface area (Å²) < 4.78 is 0. The van der Waals surface area contributed by atoms with Crippen LogP contribution in [0.15, 0.2) is 41.7 Å². The van der Waals surface area contributed by atoms with Gasteiger partial charge in [0.1, 0.15) is 0 Å². The van der Waals surface area contributed by atoms with Crippen molar-refractivity contribution in [2.24, 2.45) is 0 Å². The van der Waals surface area contributed by atoms with Crippen LogP contribution in [0.5, 0.6) is 0 Å². The van der Waals surface area contributed by atoms with Crippen molar-refractivity contribution in [3.8, 4) is 0 Å². The number of ketones is 1. The zero-order chi connectivity index (χ0) is 13.1. The van der Waals surface area contributed by atoms with Gasteiger partial charge < -0.3 is 10.0 Å². The molecule has 0 atom stereocenters. The first-order valence-corrected chi connectivity index (χ1v) is 5.92. The van der Waals surface area contributed by atoms with E-state index in [1.165, 1.54) is 4.90 Å². The van der Waals surface area contributed by atoms with Gasteiger partial charge >= 0.3 is 0 Å². The van der Waals surface area contributed by atoms with Crippen molar-refractivity contribution >= 4 is 11.7 Å². The highest BCUT2D eigenvalue weighted by atomic mass is 16.3. The van der Waals surface area contributed by atoms with Gasteiger partial charge in [-0.05, 0) is 5.56 Å². The van der Waals surface area contributed by atoms with Gasteiger partial charge in [-0.2, -0.15) is 0 Å². The van der Waals surface area contributed by atoms with Crippen molar-refractivity contribution in [1.29, 1.82) is 0 Å². The normalized spacial score (nSPS) is 15.4. The van der Waals surface area contributed by atoms with Crippen LogP contribution in [0.2, 0.25) is 0 Å². The van der Waals surface area contributed by atoms with E-state index < -0.39 is 11.7 Å². The number of hydrogen-bond acceptors (Lipinski definition) is 3.